The smallest absolute Gasteiger partial charge is 0.265 e. The van der Waals surface area contributed by atoms with Crippen molar-refractivity contribution in [3.8, 4) is 11.8 Å². The molecule has 0 radical (unpaired) electrons. The lowest BCUT2D eigenvalue weighted by molar-refractivity contribution is 0.0761. The van der Waals surface area contributed by atoms with Crippen LogP contribution >= 0.6 is 11.3 Å². The summed E-state index contributed by atoms with van der Waals surface area (Å²) in [6, 6.07) is 1.89. The van der Waals surface area contributed by atoms with Gasteiger partial charge >= 0.3 is 0 Å². The molecule has 2 rings (SSSR count). The number of carbonyl (C=O) groups is 1. The summed E-state index contributed by atoms with van der Waals surface area (Å²) in [4.78, 5) is 15.1. The van der Waals surface area contributed by atoms with E-state index in [0.29, 0.717) is 12.5 Å². The Balaban J connectivity index is 2.13. The summed E-state index contributed by atoms with van der Waals surface area (Å²) in [5.41, 5.74) is 6.18. The highest BCUT2D eigenvalue weighted by Crippen LogP contribution is 2.30. The first-order valence-corrected chi connectivity index (χ1v) is 7.20. The second-order valence-electron chi connectivity index (χ2n) is 4.46. The molecule has 1 aromatic heterocycles. The van der Waals surface area contributed by atoms with Gasteiger partial charge in [0.2, 0.25) is 0 Å². The van der Waals surface area contributed by atoms with Crippen LogP contribution in [0.4, 0.5) is 0 Å². The molecule has 0 unspecified atom stereocenters. The molecular formula is C14H18N2OS. The zero-order valence-corrected chi connectivity index (χ0v) is 11.4. The van der Waals surface area contributed by atoms with Gasteiger partial charge in [-0.2, -0.15) is 0 Å². The van der Waals surface area contributed by atoms with Crippen molar-refractivity contribution in [1.82, 2.24) is 4.90 Å². The topological polar surface area (TPSA) is 46.3 Å². The fourth-order valence-electron chi connectivity index (χ4n) is 1.83. The molecule has 0 saturated heterocycles. The van der Waals surface area contributed by atoms with Crippen LogP contribution in [0.2, 0.25) is 0 Å². The van der Waals surface area contributed by atoms with Gasteiger partial charge in [0.05, 0.1) is 6.54 Å². The zero-order valence-electron chi connectivity index (χ0n) is 10.6. The average molecular weight is 262 g/mol. The molecule has 0 bridgehead atoms. The normalized spacial score (nSPS) is 13.9. The van der Waals surface area contributed by atoms with E-state index >= 15 is 0 Å². The third-order valence-electron chi connectivity index (χ3n) is 3.03. The van der Waals surface area contributed by atoms with Gasteiger partial charge in [0, 0.05) is 18.7 Å². The molecule has 1 aromatic rings. The van der Waals surface area contributed by atoms with Crippen molar-refractivity contribution in [2.45, 2.75) is 19.8 Å². The maximum Gasteiger partial charge on any atom is 0.265 e. The van der Waals surface area contributed by atoms with Crippen molar-refractivity contribution < 1.29 is 4.79 Å². The fraction of sp³-hybridized carbons (Fsp3) is 0.500. The van der Waals surface area contributed by atoms with E-state index in [2.05, 4.69) is 11.8 Å². The Morgan fingerprint density at radius 1 is 1.61 bits per heavy atom. The Bertz CT molecular complexity index is 479. The third kappa shape index (κ3) is 3.12. The average Bonchev–Trinajstić information content (AvgIpc) is 3.08. The van der Waals surface area contributed by atoms with E-state index in [1.54, 1.807) is 0 Å². The number of hydrogen-bond acceptors (Lipinski definition) is 3. The highest BCUT2D eigenvalue weighted by molar-refractivity contribution is 7.12. The third-order valence-corrected chi connectivity index (χ3v) is 3.93. The van der Waals surface area contributed by atoms with Gasteiger partial charge in [-0.25, -0.2) is 0 Å². The van der Waals surface area contributed by atoms with Crippen molar-refractivity contribution in [3.05, 3.63) is 21.9 Å². The van der Waals surface area contributed by atoms with Crippen LogP contribution in [0, 0.1) is 17.8 Å². The Labute approximate surface area is 112 Å². The largest absolute Gasteiger partial charge is 0.338 e. The monoisotopic (exact) mass is 262 g/mol. The summed E-state index contributed by atoms with van der Waals surface area (Å²) >= 11 is 1.46. The summed E-state index contributed by atoms with van der Waals surface area (Å²) in [6.07, 6.45) is 2.52. The summed E-state index contributed by atoms with van der Waals surface area (Å²) in [5, 5.41) is 1.92. The van der Waals surface area contributed by atoms with E-state index in [-0.39, 0.29) is 5.91 Å². The maximum atomic E-state index is 12.4. The Hall–Kier alpha value is -1.31. The lowest BCUT2D eigenvalue weighted by atomic mass is 10.2. The number of amides is 1. The minimum Gasteiger partial charge on any atom is -0.338 e. The Morgan fingerprint density at radius 2 is 2.39 bits per heavy atom. The molecule has 1 amide bonds. The molecule has 18 heavy (non-hydrogen) atoms. The van der Waals surface area contributed by atoms with E-state index in [9.17, 15) is 4.79 Å². The molecule has 0 aliphatic heterocycles. The lowest BCUT2D eigenvalue weighted by Gasteiger charge is -2.20. The van der Waals surface area contributed by atoms with E-state index in [1.165, 1.54) is 24.2 Å². The second-order valence-corrected chi connectivity index (χ2v) is 5.37. The molecule has 1 saturated carbocycles. The molecule has 1 heterocycles. The molecule has 3 nitrogen and oxygen atoms in total. The summed E-state index contributed by atoms with van der Waals surface area (Å²) < 4.78 is 0. The van der Waals surface area contributed by atoms with Crippen LogP contribution in [-0.4, -0.2) is 30.4 Å². The SMILES string of the molecule is CCN(CC1CC1)C(=O)c1sccc1C#CCN. The lowest BCUT2D eigenvalue weighted by Crippen LogP contribution is -2.32. The standard InChI is InChI=1S/C14H18N2OS/c1-2-16(10-11-5-6-11)14(17)13-12(4-3-8-15)7-9-18-13/h7,9,11H,2,5-6,8,10,15H2,1H3. The van der Waals surface area contributed by atoms with Crippen LogP contribution in [0.5, 0.6) is 0 Å². The van der Waals surface area contributed by atoms with E-state index in [1.807, 2.05) is 23.3 Å². The summed E-state index contributed by atoms with van der Waals surface area (Å²) in [5.74, 6) is 6.61. The van der Waals surface area contributed by atoms with Gasteiger partial charge in [-0.15, -0.1) is 11.3 Å². The predicted octanol–water partition coefficient (Wildman–Crippen LogP) is 1.93. The maximum absolute atomic E-state index is 12.4. The van der Waals surface area contributed by atoms with Crippen LogP contribution < -0.4 is 5.73 Å². The number of rotatable bonds is 4. The van der Waals surface area contributed by atoms with Gasteiger partial charge < -0.3 is 10.6 Å². The van der Waals surface area contributed by atoms with Crippen molar-refractivity contribution >= 4 is 17.2 Å². The predicted molar refractivity (Wildman–Crippen MR) is 74.6 cm³/mol. The van der Waals surface area contributed by atoms with Gasteiger partial charge in [0.15, 0.2) is 0 Å². The van der Waals surface area contributed by atoms with Crippen molar-refractivity contribution in [3.63, 3.8) is 0 Å². The minimum atomic E-state index is 0.112. The first-order chi connectivity index (χ1) is 8.76. The highest BCUT2D eigenvalue weighted by atomic mass is 32.1. The second kappa shape index (κ2) is 6.03. The van der Waals surface area contributed by atoms with Crippen LogP contribution in [0.1, 0.15) is 35.0 Å². The zero-order chi connectivity index (χ0) is 13.0. The van der Waals surface area contributed by atoms with Crippen LogP contribution in [-0.2, 0) is 0 Å². The molecule has 1 aliphatic rings. The molecule has 0 spiro atoms. The van der Waals surface area contributed by atoms with E-state index in [4.69, 9.17) is 5.73 Å². The highest BCUT2D eigenvalue weighted by Gasteiger charge is 2.27. The molecule has 1 fully saturated rings. The molecule has 0 atom stereocenters. The quantitative estimate of drug-likeness (QED) is 0.843. The minimum absolute atomic E-state index is 0.112. The number of nitrogens with zero attached hydrogens (tertiary/aromatic N) is 1. The Morgan fingerprint density at radius 3 is 3.00 bits per heavy atom. The molecule has 4 heteroatoms. The Kier molecular flexibility index (Phi) is 4.40. The summed E-state index contributed by atoms with van der Waals surface area (Å²) in [7, 11) is 0. The molecule has 0 aromatic carbocycles. The van der Waals surface area contributed by atoms with Crippen LogP contribution in [0.15, 0.2) is 11.4 Å². The van der Waals surface area contributed by atoms with Crippen LogP contribution in [0.25, 0.3) is 0 Å². The number of hydrogen-bond donors (Lipinski definition) is 1. The number of thiophene rings is 1. The first kappa shape index (κ1) is 13.1. The van der Waals surface area contributed by atoms with Gasteiger partial charge in [0.1, 0.15) is 4.88 Å². The fourth-order valence-corrected chi connectivity index (χ4v) is 2.65. The first-order valence-electron chi connectivity index (χ1n) is 6.32. The van der Waals surface area contributed by atoms with Crippen molar-refractivity contribution in [1.29, 1.82) is 0 Å². The van der Waals surface area contributed by atoms with Gasteiger partial charge in [-0.05, 0) is 37.1 Å². The van der Waals surface area contributed by atoms with E-state index in [0.717, 1.165) is 23.5 Å². The number of nitrogens with two attached hydrogens (primary N) is 1. The van der Waals surface area contributed by atoms with Gasteiger partial charge in [-0.1, -0.05) is 11.8 Å². The molecule has 2 N–H and O–H groups in total. The summed E-state index contributed by atoms with van der Waals surface area (Å²) in [6.45, 7) is 4.00. The van der Waals surface area contributed by atoms with E-state index < -0.39 is 0 Å². The number of carbonyl (C=O) groups excluding carboxylic acids is 1. The molecular weight excluding hydrogens is 244 g/mol. The van der Waals surface area contributed by atoms with Crippen molar-refractivity contribution in [2.75, 3.05) is 19.6 Å². The molecule has 1 aliphatic carbocycles. The van der Waals surface area contributed by atoms with Crippen LogP contribution in [0.3, 0.4) is 0 Å². The van der Waals surface area contributed by atoms with Crippen molar-refractivity contribution in [2.24, 2.45) is 11.7 Å². The van der Waals surface area contributed by atoms with Gasteiger partial charge in [0.25, 0.3) is 5.91 Å². The van der Waals surface area contributed by atoms with Gasteiger partial charge in [-0.3, -0.25) is 4.79 Å². The molecule has 96 valence electrons.